The van der Waals surface area contributed by atoms with E-state index in [4.69, 9.17) is 14.2 Å². The van der Waals surface area contributed by atoms with Crippen molar-refractivity contribution in [3.05, 3.63) is 0 Å². The van der Waals surface area contributed by atoms with Crippen LogP contribution in [0.5, 0.6) is 0 Å². The summed E-state index contributed by atoms with van der Waals surface area (Å²) < 4.78 is 17.6. The molecule has 126 valence electrons. The number of carbonyl (C=O) groups is 1. The first-order valence-corrected chi connectivity index (χ1v) is 8.94. The first-order valence-electron chi connectivity index (χ1n) is 8.94. The molecule has 0 aliphatic heterocycles. The minimum atomic E-state index is -0.267. The first-order chi connectivity index (χ1) is 10.5. The third kappa shape index (κ3) is 3.05. The van der Waals surface area contributed by atoms with Gasteiger partial charge in [-0.15, -0.1) is 0 Å². The molecule has 0 amide bonds. The maximum atomic E-state index is 12.3. The van der Waals surface area contributed by atoms with E-state index >= 15 is 0 Å². The zero-order valence-corrected chi connectivity index (χ0v) is 14.2. The third-order valence-electron chi connectivity index (χ3n) is 5.94. The zero-order valence-electron chi connectivity index (χ0n) is 14.2. The molecular formula is C18H30O4. The van der Waals surface area contributed by atoms with Gasteiger partial charge in [0.2, 0.25) is 0 Å². The van der Waals surface area contributed by atoms with Gasteiger partial charge < -0.3 is 14.2 Å². The first kappa shape index (κ1) is 16.3. The third-order valence-corrected chi connectivity index (χ3v) is 5.94. The van der Waals surface area contributed by atoms with Gasteiger partial charge in [0.1, 0.15) is 12.4 Å². The van der Waals surface area contributed by atoms with Crippen LogP contribution in [0.1, 0.15) is 65.7 Å². The van der Waals surface area contributed by atoms with Crippen LogP contribution in [0.15, 0.2) is 0 Å². The fraction of sp³-hybridized carbons (Fsp3) is 0.944. The van der Waals surface area contributed by atoms with Crippen LogP contribution in [0.25, 0.3) is 0 Å². The Hall–Kier alpha value is -0.610. The summed E-state index contributed by atoms with van der Waals surface area (Å²) in [6.45, 7) is 7.03. The standard InChI is InChI=1S/C18H30O4/c1-4-13(3)16(19)22-18-9-14-6-15(10-18)8-17(7-14,11-18)21-12-20-5-2/h13-15H,4-12H2,1-3H3. The average molecular weight is 310 g/mol. The fourth-order valence-corrected chi connectivity index (χ4v) is 5.11. The maximum absolute atomic E-state index is 12.3. The zero-order chi connectivity index (χ0) is 15.8. The highest BCUT2D eigenvalue weighted by molar-refractivity contribution is 5.72. The minimum Gasteiger partial charge on any atom is -0.459 e. The summed E-state index contributed by atoms with van der Waals surface area (Å²) in [4.78, 5) is 12.3. The van der Waals surface area contributed by atoms with Crippen LogP contribution in [-0.4, -0.2) is 30.6 Å². The van der Waals surface area contributed by atoms with E-state index < -0.39 is 0 Å². The van der Waals surface area contributed by atoms with Gasteiger partial charge in [-0.25, -0.2) is 0 Å². The molecule has 4 heteroatoms. The molecule has 4 aliphatic rings. The Bertz CT molecular complexity index is 405. The second kappa shape index (κ2) is 6.12. The summed E-state index contributed by atoms with van der Waals surface area (Å²) in [6, 6.07) is 0. The van der Waals surface area contributed by atoms with Gasteiger partial charge in [-0.2, -0.15) is 0 Å². The van der Waals surface area contributed by atoms with Crippen LogP contribution >= 0.6 is 0 Å². The summed E-state index contributed by atoms with van der Waals surface area (Å²) in [6.07, 6.45) is 7.27. The molecule has 0 aromatic heterocycles. The molecule has 3 atom stereocenters. The van der Waals surface area contributed by atoms with Gasteiger partial charge in [-0.05, 0) is 57.3 Å². The number of carbonyl (C=O) groups excluding carboxylic acids is 1. The molecule has 0 N–H and O–H groups in total. The van der Waals surface area contributed by atoms with E-state index in [9.17, 15) is 4.79 Å². The second-order valence-corrected chi connectivity index (χ2v) is 7.81. The molecule has 3 unspecified atom stereocenters. The summed E-state index contributed by atoms with van der Waals surface area (Å²) in [5, 5.41) is 0. The normalized spacial score (nSPS) is 40.7. The van der Waals surface area contributed by atoms with Crippen LogP contribution in [0.4, 0.5) is 0 Å². The van der Waals surface area contributed by atoms with Gasteiger partial charge in [0, 0.05) is 13.0 Å². The highest BCUT2D eigenvalue weighted by atomic mass is 16.7. The Labute approximate surface area is 133 Å². The lowest BCUT2D eigenvalue weighted by Crippen LogP contribution is -2.61. The summed E-state index contributed by atoms with van der Waals surface area (Å²) in [7, 11) is 0. The Morgan fingerprint density at radius 1 is 1.14 bits per heavy atom. The van der Waals surface area contributed by atoms with Crippen molar-refractivity contribution in [2.75, 3.05) is 13.4 Å². The monoisotopic (exact) mass is 310 g/mol. The predicted octanol–water partition coefficient (Wildman–Crippen LogP) is 3.68. The van der Waals surface area contributed by atoms with Gasteiger partial charge in [0.05, 0.1) is 11.5 Å². The molecule has 4 rings (SSSR count). The number of hydrogen-bond acceptors (Lipinski definition) is 4. The number of esters is 1. The molecule has 4 aliphatic carbocycles. The van der Waals surface area contributed by atoms with Crippen molar-refractivity contribution < 1.29 is 19.0 Å². The van der Waals surface area contributed by atoms with E-state index in [0.29, 0.717) is 25.2 Å². The van der Waals surface area contributed by atoms with E-state index in [1.165, 1.54) is 6.42 Å². The minimum absolute atomic E-state index is 0.00621. The maximum Gasteiger partial charge on any atom is 0.309 e. The average Bonchev–Trinajstić information content (AvgIpc) is 2.44. The molecule has 0 aromatic rings. The SMILES string of the molecule is CCOCOC12CC3CC(C1)CC(OC(=O)C(C)CC)(C3)C2. The molecule has 22 heavy (non-hydrogen) atoms. The van der Waals surface area contributed by atoms with Gasteiger partial charge in [-0.1, -0.05) is 13.8 Å². The van der Waals surface area contributed by atoms with Crippen molar-refractivity contribution in [1.29, 1.82) is 0 Å². The van der Waals surface area contributed by atoms with Crippen LogP contribution in [-0.2, 0) is 19.0 Å². The van der Waals surface area contributed by atoms with E-state index in [1.807, 2.05) is 20.8 Å². The summed E-state index contributed by atoms with van der Waals surface area (Å²) in [5.74, 6) is 1.26. The predicted molar refractivity (Wildman–Crippen MR) is 83.3 cm³/mol. The van der Waals surface area contributed by atoms with E-state index in [-0.39, 0.29) is 23.1 Å². The molecule has 4 fully saturated rings. The van der Waals surface area contributed by atoms with Crippen molar-refractivity contribution in [3.63, 3.8) is 0 Å². The topological polar surface area (TPSA) is 44.8 Å². The van der Waals surface area contributed by atoms with Crippen molar-refractivity contribution in [2.24, 2.45) is 17.8 Å². The second-order valence-electron chi connectivity index (χ2n) is 7.81. The number of rotatable bonds is 7. The highest BCUT2D eigenvalue weighted by Crippen LogP contribution is 2.60. The Kier molecular flexibility index (Phi) is 4.52. The molecule has 4 saturated carbocycles. The Morgan fingerprint density at radius 2 is 1.77 bits per heavy atom. The van der Waals surface area contributed by atoms with Crippen molar-refractivity contribution >= 4 is 5.97 Å². The van der Waals surface area contributed by atoms with Crippen LogP contribution in [0.2, 0.25) is 0 Å². The molecule has 0 saturated heterocycles. The van der Waals surface area contributed by atoms with Gasteiger partial charge in [0.15, 0.2) is 0 Å². The van der Waals surface area contributed by atoms with E-state index in [0.717, 1.165) is 38.5 Å². The lowest BCUT2D eigenvalue weighted by molar-refractivity contribution is -0.254. The molecular weight excluding hydrogens is 280 g/mol. The molecule has 0 spiro atoms. The molecule has 0 heterocycles. The quantitative estimate of drug-likeness (QED) is 0.409. The lowest BCUT2D eigenvalue weighted by Gasteiger charge is -2.60. The largest absolute Gasteiger partial charge is 0.459 e. The molecule has 0 radical (unpaired) electrons. The summed E-state index contributed by atoms with van der Waals surface area (Å²) in [5.41, 5.74) is -0.383. The van der Waals surface area contributed by atoms with Gasteiger partial charge in [-0.3, -0.25) is 4.79 Å². The van der Waals surface area contributed by atoms with Crippen molar-refractivity contribution in [2.45, 2.75) is 76.9 Å². The molecule has 4 nitrogen and oxygen atoms in total. The number of ether oxygens (including phenoxy) is 3. The Morgan fingerprint density at radius 3 is 2.36 bits per heavy atom. The number of hydrogen-bond donors (Lipinski definition) is 0. The fourth-order valence-electron chi connectivity index (χ4n) is 5.11. The molecule has 4 bridgehead atoms. The van der Waals surface area contributed by atoms with Gasteiger partial charge >= 0.3 is 5.97 Å². The smallest absolute Gasteiger partial charge is 0.309 e. The van der Waals surface area contributed by atoms with Crippen LogP contribution in [0.3, 0.4) is 0 Å². The van der Waals surface area contributed by atoms with Crippen molar-refractivity contribution in [1.82, 2.24) is 0 Å². The van der Waals surface area contributed by atoms with Gasteiger partial charge in [0.25, 0.3) is 0 Å². The van der Waals surface area contributed by atoms with Crippen molar-refractivity contribution in [3.8, 4) is 0 Å². The van der Waals surface area contributed by atoms with E-state index in [2.05, 4.69) is 0 Å². The highest BCUT2D eigenvalue weighted by Gasteiger charge is 2.60. The van der Waals surface area contributed by atoms with E-state index in [1.54, 1.807) is 0 Å². The molecule has 0 aromatic carbocycles. The Balaban J connectivity index is 1.71. The van der Waals surface area contributed by atoms with Crippen LogP contribution in [0, 0.1) is 17.8 Å². The van der Waals surface area contributed by atoms with Crippen LogP contribution < -0.4 is 0 Å². The lowest BCUT2D eigenvalue weighted by atomic mass is 9.52. The summed E-state index contributed by atoms with van der Waals surface area (Å²) >= 11 is 0.